The second-order valence-electron chi connectivity index (χ2n) is 5.64. The van der Waals surface area contributed by atoms with Crippen LogP contribution in [0.25, 0.3) is 11.5 Å². The minimum Gasteiger partial charge on any atom is -0.419 e. The van der Waals surface area contributed by atoms with Crippen molar-refractivity contribution in [3.05, 3.63) is 64.0 Å². The van der Waals surface area contributed by atoms with Crippen molar-refractivity contribution in [2.75, 3.05) is 5.32 Å². The normalized spacial score (nSPS) is 10.8. The highest BCUT2D eigenvalue weighted by atomic mass is 35.5. The lowest BCUT2D eigenvalue weighted by Gasteiger charge is -2.12. The number of halogens is 1. The van der Waals surface area contributed by atoms with Crippen molar-refractivity contribution in [2.45, 2.75) is 27.3 Å². The van der Waals surface area contributed by atoms with Gasteiger partial charge >= 0.3 is 0 Å². The van der Waals surface area contributed by atoms with Crippen molar-refractivity contribution in [2.24, 2.45) is 0 Å². The molecule has 3 rings (SSSR count). The Bertz CT molecular complexity index is 802. The van der Waals surface area contributed by atoms with Crippen molar-refractivity contribution in [3.63, 3.8) is 0 Å². The van der Waals surface area contributed by atoms with E-state index in [1.165, 1.54) is 16.7 Å². The van der Waals surface area contributed by atoms with Gasteiger partial charge in [-0.05, 0) is 56.2 Å². The molecule has 0 atom stereocenters. The number of rotatable bonds is 4. The minimum atomic E-state index is 0.491. The van der Waals surface area contributed by atoms with Crippen LogP contribution in [-0.4, -0.2) is 10.2 Å². The summed E-state index contributed by atoms with van der Waals surface area (Å²) in [5.41, 5.74) is 5.64. The molecule has 0 fully saturated rings. The largest absolute Gasteiger partial charge is 0.419 e. The smallest absolute Gasteiger partial charge is 0.247 e. The highest BCUT2D eigenvalue weighted by Crippen LogP contribution is 2.24. The van der Waals surface area contributed by atoms with Crippen LogP contribution in [0.15, 0.2) is 40.8 Å². The van der Waals surface area contributed by atoms with Gasteiger partial charge in [-0.15, -0.1) is 10.2 Å². The number of aromatic nitrogens is 2. The molecular formula is C18H18ClN3O. The van der Waals surface area contributed by atoms with Gasteiger partial charge in [0.05, 0.1) is 6.54 Å². The van der Waals surface area contributed by atoms with E-state index in [0.29, 0.717) is 23.3 Å². The maximum Gasteiger partial charge on any atom is 0.247 e. The van der Waals surface area contributed by atoms with Gasteiger partial charge in [0.25, 0.3) is 0 Å². The van der Waals surface area contributed by atoms with Crippen molar-refractivity contribution >= 4 is 17.3 Å². The van der Waals surface area contributed by atoms with Crippen molar-refractivity contribution in [1.29, 1.82) is 0 Å². The van der Waals surface area contributed by atoms with Gasteiger partial charge in [0.1, 0.15) is 0 Å². The molecule has 5 heteroatoms. The van der Waals surface area contributed by atoms with Crippen LogP contribution < -0.4 is 5.32 Å². The predicted molar refractivity (Wildman–Crippen MR) is 92.7 cm³/mol. The van der Waals surface area contributed by atoms with Gasteiger partial charge < -0.3 is 9.73 Å². The lowest BCUT2D eigenvalue weighted by Crippen LogP contribution is -2.03. The third-order valence-electron chi connectivity index (χ3n) is 3.65. The Morgan fingerprint density at radius 1 is 1.00 bits per heavy atom. The lowest BCUT2D eigenvalue weighted by atomic mass is 10.1. The van der Waals surface area contributed by atoms with E-state index in [0.717, 1.165) is 11.3 Å². The number of hydrogen-bond acceptors (Lipinski definition) is 4. The molecule has 0 spiro atoms. The fourth-order valence-corrected chi connectivity index (χ4v) is 2.78. The summed E-state index contributed by atoms with van der Waals surface area (Å²) in [6, 6.07) is 11.6. The standard InChI is InChI=1S/C18H18ClN3O/c1-11-8-12(2)17(13(3)9-11)20-10-16-21-22-18(23-16)14-4-6-15(19)7-5-14/h4-9,20H,10H2,1-3H3. The monoisotopic (exact) mass is 327 g/mol. The van der Waals surface area contributed by atoms with Crippen LogP contribution in [0.5, 0.6) is 0 Å². The molecule has 0 amide bonds. The lowest BCUT2D eigenvalue weighted by molar-refractivity contribution is 0.515. The summed E-state index contributed by atoms with van der Waals surface area (Å²) in [6.45, 7) is 6.77. The third-order valence-corrected chi connectivity index (χ3v) is 3.90. The molecule has 4 nitrogen and oxygen atoms in total. The van der Waals surface area contributed by atoms with Gasteiger partial charge in [-0.25, -0.2) is 0 Å². The van der Waals surface area contributed by atoms with Gasteiger partial charge in [0.15, 0.2) is 0 Å². The first-order valence-corrected chi connectivity index (χ1v) is 7.81. The topological polar surface area (TPSA) is 51.0 Å². The van der Waals surface area contributed by atoms with Crippen LogP contribution in [0.3, 0.4) is 0 Å². The molecule has 0 aliphatic heterocycles. The van der Waals surface area contributed by atoms with E-state index >= 15 is 0 Å². The van der Waals surface area contributed by atoms with Crippen molar-refractivity contribution in [3.8, 4) is 11.5 Å². The van der Waals surface area contributed by atoms with Crippen LogP contribution in [-0.2, 0) is 6.54 Å². The molecule has 0 bridgehead atoms. The van der Waals surface area contributed by atoms with Gasteiger partial charge in [0.2, 0.25) is 11.8 Å². The third kappa shape index (κ3) is 3.54. The molecule has 118 valence electrons. The molecule has 0 saturated carbocycles. The summed E-state index contributed by atoms with van der Waals surface area (Å²) < 4.78 is 5.71. The zero-order valence-electron chi connectivity index (χ0n) is 13.4. The first-order valence-electron chi connectivity index (χ1n) is 7.43. The van der Waals surface area contributed by atoms with Crippen LogP contribution in [0.4, 0.5) is 5.69 Å². The van der Waals surface area contributed by atoms with Gasteiger partial charge in [-0.2, -0.15) is 0 Å². The average molecular weight is 328 g/mol. The van der Waals surface area contributed by atoms with Gasteiger partial charge in [-0.1, -0.05) is 29.3 Å². The number of benzene rings is 2. The highest BCUT2D eigenvalue weighted by Gasteiger charge is 2.10. The maximum atomic E-state index is 5.89. The van der Waals surface area contributed by atoms with E-state index in [4.69, 9.17) is 16.0 Å². The van der Waals surface area contributed by atoms with Crippen LogP contribution in [0.2, 0.25) is 5.02 Å². The summed E-state index contributed by atoms with van der Waals surface area (Å²) in [7, 11) is 0. The van der Waals surface area contributed by atoms with Crippen LogP contribution >= 0.6 is 11.6 Å². The summed E-state index contributed by atoms with van der Waals surface area (Å²) in [6.07, 6.45) is 0. The summed E-state index contributed by atoms with van der Waals surface area (Å²) >= 11 is 5.89. The molecular weight excluding hydrogens is 310 g/mol. The van der Waals surface area contributed by atoms with E-state index in [2.05, 4.69) is 48.4 Å². The Balaban J connectivity index is 1.74. The molecule has 0 unspecified atom stereocenters. The highest BCUT2D eigenvalue weighted by molar-refractivity contribution is 6.30. The molecule has 0 aliphatic carbocycles. The Kier molecular flexibility index (Phi) is 4.35. The van der Waals surface area contributed by atoms with Gasteiger partial charge in [0, 0.05) is 16.3 Å². The number of nitrogens with zero attached hydrogens (tertiary/aromatic N) is 2. The van der Waals surface area contributed by atoms with E-state index in [1.54, 1.807) is 12.1 Å². The molecule has 1 N–H and O–H groups in total. The SMILES string of the molecule is Cc1cc(C)c(NCc2nnc(-c3ccc(Cl)cc3)o2)c(C)c1. The second-order valence-corrected chi connectivity index (χ2v) is 6.07. The first kappa shape index (κ1) is 15.6. The van der Waals surface area contributed by atoms with E-state index < -0.39 is 0 Å². The quantitative estimate of drug-likeness (QED) is 0.738. The number of hydrogen-bond donors (Lipinski definition) is 1. The minimum absolute atomic E-state index is 0.491. The summed E-state index contributed by atoms with van der Waals surface area (Å²) in [4.78, 5) is 0. The molecule has 3 aromatic rings. The maximum absolute atomic E-state index is 5.89. The Morgan fingerprint density at radius 3 is 2.30 bits per heavy atom. The molecule has 1 heterocycles. The summed E-state index contributed by atoms with van der Waals surface area (Å²) in [5.74, 6) is 1.05. The number of anilines is 1. The predicted octanol–water partition coefficient (Wildman–Crippen LogP) is 4.93. The molecule has 0 radical (unpaired) electrons. The molecule has 23 heavy (non-hydrogen) atoms. The van der Waals surface area contributed by atoms with Crippen molar-refractivity contribution < 1.29 is 4.42 Å². The fourth-order valence-electron chi connectivity index (χ4n) is 2.66. The van der Waals surface area contributed by atoms with E-state index in [9.17, 15) is 0 Å². The van der Waals surface area contributed by atoms with Crippen LogP contribution in [0.1, 0.15) is 22.6 Å². The van der Waals surface area contributed by atoms with Crippen molar-refractivity contribution in [1.82, 2.24) is 10.2 Å². The molecule has 0 aliphatic rings. The van der Waals surface area contributed by atoms with Gasteiger partial charge in [-0.3, -0.25) is 0 Å². The average Bonchev–Trinajstić information content (AvgIpc) is 2.96. The zero-order chi connectivity index (χ0) is 16.4. The Hall–Kier alpha value is -2.33. The zero-order valence-corrected chi connectivity index (χ0v) is 14.1. The van der Waals surface area contributed by atoms with E-state index in [-0.39, 0.29) is 0 Å². The summed E-state index contributed by atoms with van der Waals surface area (Å²) in [5, 5.41) is 12.2. The molecule has 0 saturated heterocycles. The Morgan fingerprint density at radius 2 is 1.65 bits per heavy atom. The van der Waals surface area contributed by atoms with E-state index in [1.807, 2.05) is 12.1 Å². The first-order chi connectivity index (χ1) is 11.0. The Labute approximate surface area is 140 Å². The van der Waals surface area contributed by atoms with Crippen LogP contribution in [0, 0.1) is 20.8 Å². The molecule has 2 aromatic carbocycles. The number of aryl methyl sites for hydroxylation is 3. The molecule has 1 aromatic heterocycles. The number of nitrogens with one attached hydrogen (secondary N) is 1. The second kappa shape index (κ2) is 6.42. The fraction of sp³-hybridized carbons (Fsp3) is 0.222.